The number of amides is 1. The van der Waals surface area contributed by atoms with Crippen LogP contribution in [-0.2, 0) is 11.3 Å². The van der Waals surface area contributed by atoms with Gasteiger partial charge in [0.25, 0.3) is 0 Å². The van der Waals surface area contributed by atoms with E-state index in [2.05, 4.69) is 56.1 Å². The van der Waals surface area contributed by atoms with E-state index in [-0.39, 0.29) is 12.5 Å². The van der Waals surface area contributed by atoms with Crippen molar-refractivity contribution in [3.63, 3.8) is 0 Å². The largest absolute Gasteiger partial charge is 0.368 e. The van der Waals surface area contributed by atoms with Crippen LogP contribution >= 0.6 is 0 Å². The van der Waals surface area contributed by atoms with E-state index in [0.717, 1.165) is 31.7 Å². The van der Waals surface area contributed by atoms with Gasteiger partial charge in [0.1, 0.15) is 0 Å². The van der Waals surface area contributed by atoms with Crippen molar-refractivity contribution in [3.8, 4) is 0 Å². The second-order valence-corrected chi connectivity index (χ2v) is 6.04. The Morgan fingerprint density at radius 1 is 1.38 bits per heavy atom. The third-order valence-electron chi connectivity index (χ3n) is 3.29. The van der Waals surface area contributed by atoms with Crippen LogP contribution in [0.3, 0.4) is 0 Å². The second-order valence-electron chi connectivity index (χ2n) is 6.04. The van der Waals surface area contributed by atoms with Gasteiger partial charge in [-0.2, -0.15) is 0 Å². The summed E-state index contributed by atoms with van der Waals surface area (Å²) in [5.41, 5.74) is 8.93. The van der Waals surface area contributed by atoms with E-state index in [4.69, 9.17) is 5.73 Å². The Kier molecular flexibility index (Phi) is 7.23. The summed E-state index contributed by atoms with van der Waals surface area (Å²) in [6.07, 6.45) is 1.14. The molecular formula is C17H29N3O. The van der Waals surface area contributed by atoms with Gasteiger partial charge in [0, 0.05) is 18.8 Å². The zero-order chi connectivity index (χ0) is 15.8. The maximum Gasteiger partial charge on any atom is 0.236 e. The summed E-state index contributed by atoms with van der Waals surface area (Å²) >= 11 is 0. The molecular weight excluding hydrogens is 262 g/mol. The molecule has 1 aromatic rings. The molecule has 0 heterocycles. The lowest BCUT2D eigenvalue weighted by Crippen LogP contribution is -2.36. The minimum absolute atomic E-state index is 0.270. The van der Waals surface area contributed by atoms with Crippen molar-refractivity contribution < 1.29 is 4.79 Å². The van der Waals surface area contributed by atoms with Gasteiger partial charge in [-0.3, -0.25) is 4.79 Å². The van der Waals surface area contributed by atoms with Gasteiger partial charge < -0.3 is 16.0 Å². The van der Waals surface area contributed by atoms with Crippen molar-refractivity contribution in [1.29, 1.82) is 0 Å². The van der Waals surface area contributed by atoms with E-state index < -0.39 is 0 Å². The SMILES string of the molecule is CCCNCc1ccc(N(CC(N)=O)CC(C)C)c(C)c1. The fourth-order valence-corrected chi connectivity index (χ4v) is 2.47. The van der Waals surface area contributed by atoms with Crippen LogP contribution in [0.4, 0.5) is 5.69 Å². The zero-order valence-corrected chi connectivity index (χ0v) is 13.8. The van der Waals surface area contributed by atoms with Crippen molar-refractivity contribution in [1.82, 2.24) is 5.32 Å². The molecule has 0 spiro atoms. The highest BCUT2D eigenvalue weighted by Crippen LogP contribution is 2.22. The number of primary amides is 1. The third kappa shape index (κ3) is 6.17. The van der Waals surface area contributed by atoms with Gasteiger partial charge in [-0.05, 0) is 43.0 Å². The molecule has 0 saturated carbocycles. The van der Waals surface area contributed by atoms with Crippen LogP contribution in [0.15, 0.2) is 18.2 Å². The van der Waals surface area contributed by atoms with Gasteiger partial charge in [-0.15, -0.1) is 0 Å². The van der Waals surface area contributed by atoms with E-state index in [0.29, 0.717) is 5.92 Å². The molecule has 0 aliphatic rings. The fourth-order valence-electron chi connectivity index (χ4n) is 2.47. The first kappa shape index (κ1) is 17.5. The first-order valence-electron chi connectivity index (χ1n) is 7.77. The number of nitrogens with one attached hydrogen (secondary N) is 1. The number of anilines is 1. The summed E-state index contributed by atoms with van der Waals surface area (Å²) in [5, 5.41) is 3.40. The topological polar surface area (TPSA) is 58.4 Å². The predicted octanol–water partition coefficient (Wildman–Crippen LogP) is 2.44. The molecule has 0 radical (unpaired) electrons. The first-order chi connectivity index (χ1) is 9.93. The van der Waals surface area contributed by atoms with Crippen LogP contribution in [0.25, 0.3) is 0 Å². The monoisotopic (exact) mass is 291 g/mol. The van der Waals surface area contributed by atoms with Gasteiger partial charge in [0.15, 0.2) is 0 Å². The van der Waals surface area contributed by atoms with Gasteiger partial charge >= 0.3 is 0 Å². The number of carbonyl (C=O) groups is 1. The van der Waals surface area contributed by atoms with Crippen LogP contribution in [-0.4, -0.2) is 25.5 Å². The van der Waals surface area contributed by atoms with E-state index in [9.17, 15) is 4.79 Å². The molecule has 1 amide bonds. The maximum atomic E-state index is 11.3. The second kappa shape index (κ2) is 8.67. The maximum absolute atomic E-state index is 11.3. The van der Waals surface area contributed by atoms with Crippen LogP contribution in [0.1, 0.15) is 38.3 Å². The van der Waals surface area contributed by atoms with E-state index >= 15 is 0 Å². The molecule has 0 fully saturated rings. The Bertz CT molecular complexity index is 457. The molecule has 0 atom stereocenters. The smallest absolute Gasteiger partial charge is 0.236 e. The van der Waals surface area contributed by atoms with Crippen LogP contribution in [0.2, 0.25) is 0 Å². The Morgan fingerprint density at radius 3 is 2.62 bits per heavy atom. The molecule has 0 bridgehead atoms. The lowest BCUT2D eigenvalue weighted by molar-refractivity contribution is -0.116. The van der Waals surface area contributed by atoms with E-state index in [1.54, 1.807) is 0 Å². The van der Waals surface area contributed by atoms with Crippen molar-refractivity contribution >= 4 is 11.6 Å². The van der Waals surface area contributed by atoms with Crippen molar-refractivity contribution in [2.24, 2.45) is 11.7 Å². The lowest BCUT2D eigenvalue weighted by atomic mass is 10.1. The number of rotatable bonds is 9. The third-order valence-corrected chi connectivity index (χ3v) is 3.29. The summed E-state index contributed by atoms with van der Waals surface area (Å²) in [6, 6.07) is 6.41. The highest BCUT2D eigenvalue weighted by atomic mass is 16.1. The number of hydrogen-bond donors (Lipinski definition) is 2. The highest BCUT2D eigenvalue weighted by Gasteiger charge is 2.13. The number of benzene rings is 1. The number of nitrogens with zero attached hydrogens (tertiary/aromatic N) is 1. The van der Waals surface area contributed by atoms with E-state index in [1.807, 2.05) is 0 Å². The summed E-state index contributed by atoms with van der Waals surface area (Å²) in [4.78, 5) is 13.4. The van der Waals surface area contributed by atoms with Crippen molar-refractivity contribution in [2.75, 3.05) is 24.5 Å². The minimum Gasteiger partial charge on any atom is -0.368 e. The Morgan fingerprint density at radius 2 is 2.10 bits per heavy atom. The van der Waals surface area contributed by atoms with Gasteiger partial charge in [0.2, 0.25) is 5.91 Å². The molecule has 4 nitrogen and oxygen atoms in total. The van der Waals surface area contributed by atoms with Gasteiger partial charge in [0.05, 0.1) is 6.54 Å². The standard InChI is InChI=1S/C17H29N3O/c1-5-8-19-10-15-6-7-16(14(4)9-15)20(11-13(2)3)12-17(18)21/h6-7,9,13,19H,5,8,10-12H2,1-4H3,(H2,18,21). The predicted molar refractivity (Wildman–Crippen MR) is 89.4 cm³/mol. The fraction of sp³-hybridized carbons (Fsp3) is 0.588. The first-order valence-corrected chi connectivity index (χ1v) is 7.77. The van der Waals surface area contributed by atoms with Crippen molar-refractivity contribution in [2.45, 2.75) is 40.7 Å². The Hall–Kier alpha value is -1.55. The molecule has 118 valence electrons. The quantitative estimate of drug-likeness (QED) is 0.687. The van der Waals surface area contributed by atoms with Crippen molar-refractivity contribution in [3.05, 3.63) is 29.3 Å². The van der Waals surface area contributed by atoms with Gasteiger partial charge in [-0.25, -0.2) is 0 Å². The van der Waals surface area contributed by atoms with E-state index in [1.165, 1.54) is 11.1 Å². The number of aryl methyl sites for hydroxylation is 1. The van der Waals surface area contributed by atoms with Crippen LogP contribution < -0.4 is 16.0 Å². The number of nitrogens with two attached hydrogens (primary N) is 1. The number of carbonyl (C=O) groups excluding carboxylic acids is 1. The average Bonchev–Trinajstić information content (AvgIpc) is 2.37. The molecule has 0 saturated heterocycles. The minimum atomic E-state index is -0.288. The molecule has 0 aromatic heterocycles. The molecule has 0 aliphatic heterocycles. The lowest BCUT2D eigenvalue weighted by Gasteiger charge is -2.27. The molecule has 1 aromatic carbocycles. The average molecular weight is 291 g/mol. The summed E-state index contributed by atoms with van der Waals surface area (Å²) in [5.74, 6) is 0.193. The highest BCUT2D eigenvalue weighted by molar-refractivity contribution is 5.80. The zero-order valence-electron chi connectivity index (χ0n) is 13.8. The molecule has 0 aliphatic carbocycles. The normalized spacial score (nSPS) is 10.9. The summed E-state index contributed by atoms with van der Waals surface area (Å²) in [7, 11) is 0. The summed E-state index contributed by atoms with van der Waals surface area (Å²) in [6.45, 7) is 11.6. The number of hydrogen-bond acceptors (Lipinski definition) is 3. The van der Waals surface area contributed by atoms with Gasteiger partial charge in [-0.1, -0.05) is 32.9 Å². The molecule has 1 rings (SSSR count). The van der Waals surface area contributed by atoms with Crippen LogP contribution in [0, 0.1) is 12.8 Å². The molecule has 4 heteroatoms. The summed E-state index contributed by atoms with van der Waals surface area (Å²) < 4.78 is 0. The van der Waals surface area contributed by atoms with Crippen LogP contribution in [0.5, 0.6) is 0 Å². The molecule has 21 heavy (non-hydrogen) atoms. The Balaban J connectivity index is 2.85. The molecule has 3 N–H and O–H groups in total. The molecule has 0 unspecified atom stereocenters. The Labute approximate surface area is 128 Å².